The normalized spacial score (nSPS) is 13.4. The third-order valence-corrected chi connectivity index (χ3v) is 3.18. The van der Waals surface area contributed by atoms with Crippen LogP contribution in [0.1, 0.15) is 31.0 Å². The van der Waals surface area contributed by atoms with E-state index in [-0.39, 0.29) is 6.04 Å². The van der Waals surface area contributed by atoms with Gasteiger partial charge in [-0.3, -0.25) is 4.99 Å². The molecule has 92 valence electrons. The van der Waals surface area contributed by atoms with Crippen LogP contribution in [0.3, 0.4) is 0 Å². The Morgan fingerprint density at radius 2 is 1.61 bits per heavy atom. The van der Waals surface area contributed by atoms with Crippen molar-refractivity contribution in [2.24, 2.45) is 4.99 Å². The third-order valence-electron chi connectivity index (χ3n) is 2.93. The maximum atomic E-state index is 5.88. The fourth-order valence-electron chi connectivity index (χ4n) is 1.86. The second kappa shape index (κ2) is 5.83. The van der Waals surface area contributed by atoms with Crippen molar-refractivity contribution in [1.82, 2.24) is 0 Å². The summed E-state index contributed by atoms with van der Waals surface area (Å²) in [4.78, 5) is 4.72. The Hall–Kier alpha value is -1.60. The molecule has 0 unspecified atom stereocenters. The first-order valence-electron chi connectivity index (χ1n) is 6.02. The predicted octanol–water partition coefficient (Wildman–Crippen LogP) is 4.91. The van der Waals surface area contributed by atoms with E-state index in [1.807, 2.05) is 49.4 Å². The maximum Gasteiger partial charge on any atom is 0.0724 e. The van der Waals surface area contributed by atoms with Crippen molar-refractivity contribution < 1.29 is 0 Å². The monoisotopic (exact) mass is 257 g/mol. The number of aliphatic imine (C=N–C) groups is 1. The standard InChI is InChI=1S/C16H16ClN/c1-12(14-6-4-3-5-7-14)18-13(2)15-8-10-16(17)11-9-15/h3-11,13H,1-2H3/t13-/m0/s1. The van der Waals surface area contributed by atoms with Crippen molar-refractivity contribution in [2.45, 2.75) is 19.9 Å². The molecule has 0 radical (unpaired) electrons. The van der Waals surface area contributed by atoms with Gasteiger partial charge in [0.15, 0.2) is 0 Å². The summed E-state index contributed by atoms with van der Waals surface area (Å²) in [5, 5.41) is 0.759. The number of hydrogen-bond donors (Lipinski definition) is 0. The first-order chi connectivity index (χ1) is 8.66. The zero-order chi connectivity index (χ0) is 13.0. The van der Waals surface area contributed by atoms with Gasteiger partial charge in [-0.1, -0.05) is 54.1 Å². The van der Waals surface area contributed by atoms with Gasteiger partial charge in [0.25, 0.3) is 0 Å². The Morgan fingerprint density at radius 1 is 1.00 bits per heavy atom. The summed E-state index contributed by atoms with van der Waals surface area (Å²) in [5.74, 6) is 0. The molecule has 0 heterocycles. The minimum absolute atomic E-state index is 0.141. The molecule has 2 aromatic rings. The predicted molar refractivity (Wildman–Crippen MR) is 78.5 cm³/mol. The number of hydrogen-bond acceptors (Lipinski definition) is 1. The lowest BCUT2D eigenvalue weighted by molar-refractivity contribution is 0.820. The summed E-state index contributed by atoms with van der Waals surface area (Å²) in [7, 11) is 0. The third kappa shape index (κ3) is 3.21. The summed E-state index contributed by atoms with van der Waals surface area (Å²) < 4.78 is 0. The van der Waals surface area contributed by atoms with E-state index in [0.29, 0.717) is 0 Å². The summed E-state index contributed by atoms with van der Waals surface area (Å²) in [5.41, 5.74) is 3.39. The molecule has 0 saturated heterocycles. The van der Waals surface area contributed by atoms with Crippen LogP contribution in [0.2, 0.25) is 5.02 Å². The van der Waals surface area contributed by atoms with E-state index in [0.717, 1.165) is 10.7 Å². The average molecular weight is 258 g/mol. The van der Waals surface area contributed by atoms with Gasteiger partial charge >= 0.3 is 0 Å². The van der Waals surface area contributed by atoms with E-state index in [1.54, 1.807) is 0 Å². The van der Waals surface area contributed by atoms with Crippen molar-refractivity contribution in [3.63, 3.8) is 0 Å². The van der Waals surface area contributed by atoms with Gasteiger partial charge in [-0.25, -0.2) is 0 Å². The lowest BCUT2D eigenvalue weighted by Gasteiger charge is -2.09. The van der Waals surface area contributed by atoms with Crippen LogP contribution in [0.15, 0.2) is 59.6 Å². The Labute approximate surface area is 113 Å². The van der Waals surface area contributed by atoms with E-state index in [4.69, 9.17) is 16.6 Å². The molecular weight excluding hydrogens is 242 g/mol. The topological polar surface area (TPSA) is 12.4 Å². The fraction of sp³-hybridized carbons (Fsp3) is 0.188. The van der Waals surface area contributed by atoms with Crippen molar-refractivity contribution in [3.8, 4) is 0 Å². The van der Waals surface area contributed by atoms with Crippen LogP contribution in [-0.4, -0.2) is 5.71 Å². The average Bonchev–Trinajstić information content (AvgIpc) is 2.40. The van der Waals surface area contributed by atoms with Gasteiger partial charge in [-0.05, 0) is 37.1 Å². The molecule has 18 heavy (non-hydrogen) atoms. The SMILES string of the molecule is CC(=N[C@@H](C)c1ccc(Cl)cc1)c1ccccc1. The molecule has 0 fully saturated rings. The maximum absolute atomic E-state index is 5.88. The van der Waals surface area contributed by atoms with Crippen LogP contribution in [0.5, 0.6) is 0 Å². The van der Waals surface area contributed by atoms with Gasteiger partial charge in [0, 0.05) is 10.7 Å². The molecule has 2 rings (SSSR count). The van der Waals surface area contributed by atoms with Crippen LogP contribution in [-0.2, 0) is 0 Å². The highest BCUT2D eigenvalue weighted by Gasteiger charge is 2.04. The van der Waals surface area contributed by atoms with E-state index >= 15 is 0 Å². The first kappa shape index (κ1) is 12.8. The number of benzene rings is 2. The van der Waals surface area contributed by atoms with E-state index < -0.39 is 0 Å². The van der Waals surface area contributed by atoms with Crippen LogP contribution >= 0.6 is 11.6 Å². The van der Waals surface area contributed by atoms with E-state index in [1.165, 1.54) is 11.1 Å². The molecule has 1 atom stereocenters. The quantitative estimate of drug-likeness (QED) is 0.693. The molecule has 0 aliphatic rings. The van der Waals surface area contributed by atoms with Gasteiger partial charge in [0.05, 0.1) is 6.04 Å². The Morgan fingerprint density at radius 3 is 2.22 bits per heavy atom. The Bertz CT molecular complexity index is 529. The second-order valence-corrected chi connectivity index (χ2v) is 4.74. The zero-order valence-electron chi connectivity index (χ0n) is 10.6. The molecule has 0 aliphatic heterocycles. The molecule has 0 spiro atoms. The second-order valence-electron chi connectivity index (χ2n) is 4.31. The van der Waals surface area contributed by atoms with Crippen molar-refractivity contribution in [2.75, 3.05) is 0 Å². The molecule has 1 nitrogen and oxygen atoms in total. The smallest absolute Gasteiger partial charge is 0.0724 e. The molecule has 0 aromatic heterocycles. The van der Waals surface area contributed by atoms with Gasteiger partial charge in [0.1, 0.15) is 0 Å². The summed E-state index contributed by atoms with van der Waals surface area (Å²) in [6, 6.07) is 18.2. The van der Waals surface area contributed by atoms with Crippen LogP contribution in [0.25, 0.3) is 0 Å². The van der Waals surface area contributed by atoms with Gasteiger partial charge in [0.2, 0.25) is 0 Å². The van der Waals surface area contributed by atoms with Crippen LogP contribution < -0.4 is 0 Å². The molecule has 0 N–H and O–H groups in total. The Balaban J connectivity index is 2.20. The van der Waals surface area contributed by atoms with E-state index in [9.17, 15) is 0 Å². The minimum atomic E-state index is 0.141. The first-order valence-corrected chi connectivity index (χ1v) is 6.40. The van der Waals surface area contributed by atoms with Gasteiger partial charge in [-0.15, -0.1) is 0 Å². The molecule has 2 aromatic carbocycles. The highest BCUT2D eigenvalue weighted by atomic mass is 35.5. The molecule has 0 aliphatic carbocycles. The van der Waals surface area contributed by atoms with E-state index in [2.05, 4.69) is 19.1 Å². The van der Waals surface area contributed by atoms with Gasteiger partial charge in [-0.2, -0.15) is 0 Å². The molecule has 0 bridgehead atoms. The van der Waals surface area contributed by atoms with Crippen LogP contribution in [0.4, 0.5) is 0 Å². The summed E-state index contributed by atoms with van der Waals surface area (Å²) in [6.45, 7) is 4.14. The highest BCUT2D eigenvalue weighted by molar-refractivity contribution is 6.30. The molecule has 2 heteroatoms. The zero-order valence-corrected chi connectivity index (χ0v) is 11.4. The molecular formula is C16H16ClN. The van der Waals surface area contributed by atoms with Crippen molar-refractivity contribution >= 4 is 17.3 Å². The fourth-order valence-corrected chi connectivity index (χ4v) is 1.99. The Kier molecular flexibility index (Phi) is 4.16. The van der Waals surface area contributed by atoms with Crippen LogP contribution in [0, 0.1) is 0 Å². The largest absolute Gasteiger partial charge is 0.282 e. The lowest BCUT2D eigenvalue weighted by Crippen LogP contribution is -1.98. The lowest BCUT2D eigenvalue weighted by atomic mass is 10.1. The summed E-state index contributed by atoms with van der Waals surface area (Å²) in [6.07, 6.45) is 0. The minimum Gasteiger partial charge on any atom is -0.282 e. The number of nitrogens with zero attached hydrogens (tertiary/aromatic N) is 1. The van der Waals surface area contributed by atoms with Crippen molar-refractivity contribution in [1.29, 1.82) is 0 Å². The van der Waals surface area contributed by atoms with Crippen molar-refractivity contribution in [3.05, 3.63) is 70.7 Å². The highest BCUT2D eigenvalue weighted by Crippen LogP contribution is 2.20. The molecule has 0 amide bonds. The summed E-state index contributed by atoms with van der Waals surface area (Å²) >= 11 is 5.88. The van der Waals surface area contributed by atoms with Gasteiger partial charge < -0.3 is 0 Å². The number of halogens is 1. The molecule has 0 saturated carbocycles. The number of rotatable bonds is 3.